The molecule has 0 bridgehead atoms. The second kappa shape index (κ2) is 7.34. The Morgan fingerprint density at radius 3 is 2.42 bits per heavy atom. The van der Waals surface area contributed by atoms with Gasteiger partial charge in [0.25, 0.3) is 0 Å². The predicted octanol–water partition coefficient (Wildman–Crippen LogP) is 5.04. The second-order valence-corrected chi connectivity index (χ2v) is 7.63. The Bertz CT molecular complexity index is 875. The SMILES string of the molecule is O=C(Nc1ccc(SCc2cccnc2)cc1)C1(c2ccccc2)CC1. The van der Waals surface area contributed by atoms with E-state index in [0.717, 1.165) is 29.8 Å². The monoisotopic (exact) mass is 360 g/mol. The van der Waals surface area contributed by atoms with Gasteiger partial charge in [0.05, 0.1) is 5.41 Å². The van der Waals surface area contributed by atoms with Gasteiger partial charge in [0, 0.05) is 28.7 Å². The highest BCUT2D eigenvalue weighted by Gasteiger charge is 2.51. The molecule has 26 heavy (non-hydrogen) atoms. The van der Waals surface area contributed by atoms with Gasteiger partial charge in [-0.05, 0) is 54.3 Å². The molecular weight excluding hydrogens is 340 g/mol. The second-order valence-electron chi connectivity index (χ2n) is 6.58. The van der Waals surface area contributed by atoms with E-state index in [-0.39, 0.29) is 11.3 Å². The maximum atomic E-state index is 12.8. The van der Waals surface area contributed by atoms with Gasteiger partial charge in [-0.25, -0.2) is 0 Å². The van der Waals surface area contributed by atoms with Crippen molar-refractivity contribution in [2.75, 3.05) is 5.32 Å². The molecule has 130 valence electrons. The number of thioether (sulfide) groups is 1. The summed E-state index contributed by atoms with van der Waals surface area (Å²) in [6, 6.07) is 22.2. The van der Waals surface area contributed by atoms with Crippen LogP contribution in [0.3, 0.4) is 0 Å². The lowest BCUT2D eigenvalue weighted by molar-refractivity contribution is -0.118. The molecule has 1 aliphatic carbocycles. The molecule has 1 heterocycles. The molecule has 0 spiro atoms. The van der Waals surface area contributed by atoms with Gasteiger partial charge in [-0.3, -0.25) is 9.78 Å². The van der Waals surface area contributed by atoms with Crippen molar-refractivity contribution in [3.05, 3.63) is 90.3 Å². The zero-order chi connectivity index (χ0) is 17.8. The fraction of sp³-hybridized carbons (Fsp3) is 0.182. The Labute approximate surface area is 157 Å². The van der Waals surface area contributed by atoms with Crippen molar-refractivity contribution in [1.29, 1.82) is 0 Å². The lowest BCUT2D eigenvalue weighted by Gasteiger charge is -2.16. The summed E-state index contributed by atoms with van der Waals surface area (Å²) in [5, 5.41) is 3.09. The van der Waals surface area contributed by atoms with Gasteiger partial charge in [0.1, 0.15) is 0 Å². The van der Waals surface area contributed by atoms with E-state index in [9.17, 15) is 4.79 Å². The number of anilines is 1. The van der Waals surface area contributed by atoms with Gasteiger partial charge in [0.2, 0.25) is 5.91 Å². The third-order valence-electron chi connectivity index (χ3n) is 4.75. The van der Waals surface area contributed by atoms with Gasteiger partial charge >= 0.3 is 0 Å². The van der Waals surface area contributed by atoms with Crippen molar-refractivity contribution < 1.29 is 4.79 Å². The molecule has 0 saturated heterocycles. The van der Waals surface area contributed by atoms with Crippen LogP contribution < -0.4 is 5.32 Å². The normalized spacial score (nSPS) is 14.6. The molecule has 4 rings (SSSR count). The van der Waals surface area contributed by atoms with E-state index in [1.165, 1.54) is 10.5 Å². The number of carbonyl (C=O) groups excluding carboxylic acids is 1. The number of hydrogen-bond acceptors (Lipinski definition) is 3. The average molecular weight is 360 g/mol. The first kappa shape index (κ1) is 16.9. The first-order chi connectivity index (χ1) is 12.8. The van der Waals surface area contributed by atoms with Gasteiger partial charge in [0.15, 0.2) is 0 Å². The summed E-state index contributed by atoms with van der Waals surface area (Å²) >= 11 is 1.76. The Morgan fingerprint density at radius 2 is 1.77 bits per heavy atom. The zero-order valence-corrected chi connectivity index (χ0v) is 15.2. The molecule has 0 radical (unpaired) electrons. The van der Waals surface area contributed by atoms with E-state index in [1.54, 1.807) is 18.0 Å². The lowest BCUT2D eigenvalue weighted by Crippen LogP contribution is -2.27. The van der Waals surface area contributed by atoms with Crippen molar-refractivity contribution in [2.45, 2.75) is 28.9 Å². The van der Waals surface area contributed by atoms with Crippen LogP contribution in [0.2, 0.25) is 0 Å². The third kappa shape index (κ3) is 3.65. The molecule has 1 amide bonds. The third-order valence-corrected chi connectivity index (χ3v) is 5.83. The Kier molecular flexibility index (Phi) is 4.76. The molecule has 0 aliphatic heterocycles. The molecule has 1 fully saturated rings. The molecule has 0 unspecified atom stereocenters. The van der Waals surface area contributed by atoms with Gasteiger partial charge in [-0.15, -0.1) is 11.8 Å². The maximum absolute atomic E-state index is 12.8. The van der Waals surface area contributed by atoms with Crippen molar-refractivity contribution in [2.24, 2.45) is 0 Å². The van der Waals surface area contributed by atoms with Crippen LogP contribution in [0.5, 0.6) is 0 Å². The van der Waals surface area contributed by atoms with Crippen LogP contribution in [-0.2, 0) is 16.0 Å². The van der Waals surface area contributed by atoms with Crippen molar-refractivity contribution in [3.8, 4) is 0 Å². The number of nitrogens with one attached hydrogen (secondary N) is 1. The van der Waals surface area contributed by atoms with E-state index in [2.05, 4.69) is 28.5 Å². The van der Waals surface area contributed by atoms with E-state index >= 15 is 0 Å². The lowest BCUT2D eigenvalue weighted by atomic mass is 9.95. The van der Waals surface area contributed by atoms with Crippen LogP contribution >= 0.6 is 11.8 Å². The molecular formula is C22H20N2OS. The molecule has 1 aliphatic rings. The average Bonchev–Trinajstić information content (AvgIpc) is 3.51. The smallest absolute Gasteiger partial charge is 0.235 e. The highest BCUT2D eigenvalue weighted by atomic mass is 32.2. The fourth-order valence-electron chi connectivity index (χ4n) is 3.06. The maximum Gasteiger partial charge on any atom is 0.235 e. The molecule has 1 N–H and O–H groups in total. The van der Waals surface area contributed by atoms with E-state index in [0.29, 0.717) is 0 Å². The van der Waals surface area contributed by atoms with Crippen LogP contribution in [0.25, 0.3) is 0 Å². The number of rotatable bonds is 6. The number of benzene rings is 2. The van der Waals surface area contributed by atoms with Crippen molar-refractivity contribution >= 4 is 23.4 Å². The minimum Gasteiger partial charge on any atom is -0.325 e. The van der Waals surface area contributed by atoms with Gasteiger partial charge in [-0.1, -0.05) is 36.4 Å². The van der Waals surface area contributed by atoms with Gasteiger partial charge in [-0.2, -0.15) is 0 Å². The molecule has 2 aromatic carbocycles. The number of hydrogen-bond donors (Lipinski definition) is 1. The molecule has 3 nitrogen and oxygen atoms in total. The summed E-state index contributed by atoms with van der Waals surface area (Å²) < 4.78 is 0. The molecule has 1 aromatic heterocycles. The summed E-state index contributed by atoms with van der Waals surface area (Å²) in [5.41, 5.74) is 2.83. The molecule has 4 heteroatoms. The highest BCUT2D eigenvalue weighted by molar-refractivity contribution is 7.98. The Balaban J connectivity index is 1.38. The number of pyridine rings is 1. The quantitative estimate of drug-likeness (QED) is 0.626. The minimum atomic E-state index is -0.338. The summed E-state index contributed by atoms with van der Waals surface area (Å²) in [6.07, 6.45) is 5.51. The van der Waals surface area contributed by atoms with Crippen LogP contribution in [-0.4, -0.2) is 10.9 Å². The summed E-state index contributed by atoms with van der Waals surface area (Å²) in [5.74, 6) is 0.982. The van der Waals surface area contributed by atoms with Crippen LogP contribution in [0.15, 0.2) is 84.0 Å². The summed E-state index contributed by atoms with van der Waals surface area (Å²) in [4.78, 5) is 18.1. The highest BCUT2D eigenvalue weighted by Crippen LogP contribution is 2.48. The van der Waals surface area contributed by atoms with E-state index < -0.39 is 0 Å². The number of aromatic nitrogens is 1. The van der Waals surface area contributed by atoms with Gasteiger partial charge < -0.3 is 5.32 Å². The Hall–Kier alpha value is -2.59. The predicted molar refractivity (Wildman–Crippen MR) is 106 cm³/mol. The minimum absolute atomic E-state index is 0.0967. The van der Waals surface area contributed by atoms with E-state index in [4.69, 9.17) is 0 Å². The topological polar surface area (TPSA) is 42.0 Å². The fourth-order valence-corrected chi connectivity index (χ4v) is 3.90. The molecule has 0 atom stereocenters. The van der Waals surface area contributed by atoms with Crippen LogP contribution in [0.1, 0.15) is 24.0 Å². The summed E-state index contributed by atoms with van der Waals surface area (Å²) in [6.45, 7) is 0. The van der Waals surface area contributed by atoms with Crippen LogP contribution in [0, 0.1) is 0 Å². The standard InChI is InChI=1S/C22H20N2OS/c25-21(22(12-13-22)18-6-2-1-3-7-18)24-19-8-10-20(11-9-19)26-16-17-5-4-14-23-15-17/h1-11,14-15H,12-13,16H2,(H,24,25). The van der Waals surface area contributed by atoms with E-state index in [1.807, 2.05) is 54.7 Å². The number of amides is 1. The van der Waals surface area contributed by atoms with Crippen molar-refractivity contribution in [1.82, 2.24) is 4.98 Å². The van der Waals surface area contributed by atoms with Crippen LogP contribution in [0.4, 0.5) is 5.69 Å². The summed E-state index contributed by atoms with van der Waals surface area (Å²) in [7, 11) is 0. The van der Waals surface area contributed by atoms with Crippen molar-refractivity contribution in [3.63, 3.8) is 0 Å². The molecule has 3 aromatic rings. The first-order valence-electron chi connectivity index (χ1n) is 8.75. The zero-order valence-electron chi connectivity index (χ0n) is 14.4. The Morgan fingerprint density at radius 1 is 1.00 bits per heavy atom. The number of nitrogens with zero attached hydrogens (tertiary/aromatic N) is 1. The molecule has 1 saturated carbocycles. The largest absolute Gasteiger partial charge is 0.325 e. The number of carbonyl (C=O) groups is 1. The first-order valence-corrected chi connectivity index (χ1v) is 9.74.